The molecule has 2 aromatic rings. The predicted molar refractivity (Wildman–Crippen MR) is 109 cm³/mol. The number of benzene rings is 2. The molecule has 0 aliphatic heterocycles. The summed E-state index contributed by atoms with van der Waals surface area (Å²) in [5.74, 6) is 0. The summed E-state index contributed by atoms with van der Waals surface area (Å²) in [6.45, 7) is 10.4. The third-order valence-corrected chi connectivity index (χ3v) is 4.02. The molecule has 1 amide bonds. The summed E-state index contributed by atoms with van der Waals surface area (Å²) in [6.07, 6.45) is 4.70. The maximum Gasteiger partial charge on any atom is 0.407 e. The maximum atomic E-state index is 11.7. The molecule has 0 radical (unpaired) electrons. The van der Waals surface area contributed by atoms with E-state index in [0.717, 1.165) is 12.0 Å². The highest BCUT2D eigenvalue weighted by atomic mass is 16.6. The van der Waals surface area contributed by atoms with E-state index in [9.17, 15) is 4.79 Å². The van der Waals surface area contributed by atoms with Crippen LogP contribution in [0, 0.1) is 13.8 Å². The number of carbonyl (C=O) groups is 1. The van der Waals surface area contributed by atoms with Crippen LogP contribution in [-0.4, -0.2) is 18.2 Å². The lowest BCUT2D eigenvalue weighted by Crippen LogP contribution is -2.33. The highest BCUT2D eigenvalue weighted by Crippen LogP contribution is 2.17. The van der Waals surface area contributed by atoms with Crippen molar-refractivity contribution in [2.75, 3.05) is 6.54 Å². The van der Waals surface area contributed by atoms with Crippen LogP contribution in [0.25, 0.3) is 12.2 Å². The monoisotopic (exact) mass is 351 g/mol. The zero-order valence-corrected chi connectivity index (χ0v) is 16.4. The number of nitrogens with one attached hydrogen (secondary N) is 1. The van der Waals surface area contributed by atoms with Crippen molar-refractivity contribution in [3.63, 3.8) is 0 Å². The van der Waals surface area contributed by atoms with Crippen LogP contribution < -0.4 is 5.32 Å². The largest absolute Gasteiger partial charge is 0.444 e. The van der Waals surface area contributed by atoms with Crippen molar-refractivity contribution in [3.05, 3.63) is 70.3 Å². The molecule has 0 spiro atoms. The van der Waals surface area contributed by atoms with Gasteiger partial charge in [-0.1, -0.05) is 54.6 Å². The highest BCUT2D eigenvalue weighted by molar-refractivity contribution is 5.73. The van der Waals surface area contributed by atoms with E-state index >= 15 is 0 Å². The Kier molecular flexibility index (Phi) is 6.62. The number of ether oxygens (including phenoxy) is 1. The van der Waals surface area contributed by atoms with Gasteiger partial charge in [0.1, 0.15) is 5.60 Å². The Morgan fingerprint density at radius 1 is 1.04 bits per heavy atom. The summed E-state index contributed by atoms with van der Waals surface area (Å²) in [6, 6.07) is 14.7. The van der Waals surface area contributed by atoms with Crippen LogP contribution in [0.15, 0.2) is 42.5 Å². The standard InChI is InChI=1S/C23H29NO2/c1-17-8-6-9-18(2)21(17)13-12-19-10-7-11-20(16-19)14-15-24-22(25)26-23(3,4)5/h6-13,16H,14-15H2,1-5H3,(H,24,25)/b13-12+. The minimum atomic E-state index is -0.470. The van der Waals surface area contributed by atoms with Crippen LogP contribution >= 0.6 is 0 Å². The SMILES string of the molecule is Cc1cccc(C)c1/C=C/c1cccc(CCNC(=O)OC(C)(C)C)c1. The van der Waals surface area contributed by atoms with E-state index in [1.54, 1.807) is 0 Å². The average Bonchev–Trinajstić information content (AvgIpc) is 2.53. The molecule has 2 rings (SSSR count). The summed E-state index contributed by atoms with van der Waals surface area (Å²) < 4.78 is 5.25. The molecule has 0 heterocycles. The summed E-state index contributed by atoms with van der Waals surface area (Å²) in [5.41, 5.74) is 5.69. The predicted octanol–water partition coefficient (Wildman–Crippen LogP) is 5.54. The van der Waals surface area contributed by atoms with Gasteiger partial charge in [-0.25, -0.2) is 4.79 Å². The molecule has 3 nitrogen and oxygen atoms in total. The molecule has 0 fully saturated rings. The molecule has 26 heavy (non-hydrogen) atoms. The fourth-order valence-electron chi connectivity index (χ4n) is 2.75. The molecule has 0 aliphatic rings. The van der Waals surface area contributed by atoms with Gasteiger partial charge in [-0.3, -0.25) is 0 Å². The van der Waals surface area contributed by atoms with Crippen LogP contribution in [-0.2, 0) is 11.2 Å². The minimum Gasteiger partial charge on any atom is -0.444 e. The summed E-state index contributed by atoms with van der Waals surface area (Å²) in [5, 5.41) is 2.80. The van der Waals surface area contributed by atoms with Gasteiger partial charge in [0.25, 0.3) is 0 Å². The van der Waals surface area contributed by atoms with Crippen LogP contribution in [0.2, 0.25) is 0 Å². The number of aryl methyl sites for hydroxylation is 2. The molecule has 2 aromatic carbocycles. The maximum absolute atomic E-state index is 11.7. The Hall–Kier alpha value is -2.55. The summed E-state index contributed by atoms with van der Waals surface area (Å²) in [7, 11) is 0. The Labute approximate surface area is 157 Å². The fourth-order valence-corrected chi connectivity index (χ4v) is 2.75. The van der Waals surface area contributed by atoms with Crippen molar-refractivity contribution < 1.29 is 9.53 Å². The van der Waals surface area contributed by atoms with Crippen LogP contribution in [0.3, 0.4) is 0 Å². The number of rotatable bonds is 5. The zero-order valence-electron chi connectivity index (χ0n) is 16.4. The molecule has 0 bridgehead atoms. The molecular weight excluding hydrogens is 322 g/mol. The Morgan fingerprint density at radius 2 is 1.69 bits per heavy atom. The number of carbonyl (C=O) groups excluding carboxylic acids is 1. The second-order valence-electron chi connectivity index (χ2n) is 7.56. The minimum absolute atomic E-state index is 0.372. The van der Waals surface area contributed by atoms with Crippen molar-refractivity contribution in [2.24, 2.45) is 0 Å². The van der Waals surface area contributed by atoms with Crippen molar-refractivity contribution in [2.45, 2.75) is 46.6 Å². The van der Waals surface area contributed by atoms with Crippen LogP contribution in [0.5, 0.6) is 0 Å². The van der Waals surface area contributed by atoms with E-state index in [1.807, 2.05) is 26.8 Å². The highest BCUT2D eigenvalue weighted by Gasteiger charge is 2.15. The van der Waals surface area contributed by atoms with Gasteiger partial charge in [0, 0.05) is 6.54 Å². The second-order valence-corrected chi connectivity index (χ2v) is 7.56. The summed E-state index contributed by atoms with van der Waals surface area (Å²) in [4.78, 5) is 11.7. The first kappa shape index (κ1) is 19.8. The third-order valence-electron chi connectivity index (χ3n) is 4.02. The quantitative estimate of drug-likeness (QED) is 0.718. The number of alkyl carbamates (subject to hydrolysis) is 1. The third kappa shape index (κ3) is 6.40. The van der Waals surface area contributed by atoms with Gasteiger partial charge in [-0.15, -0.1) is 0 Å². The topological polar surface area (TPSA) is 38.3 Å². The molecular formula is C23H29NO2. The Morgan fingerprint density at radius 3 is 2.35 bits per heavy atom. The van der Waals surface area contributed by atoms with E-state index in [0.29, 0.717) is 6.54 Å². The first-order valence-electron chi connectivity index (χ1n) is 9.05. The molecule has 0 unspecified atom stereocenters. The normalized spacial score (nSPS) is 11.6. The lowest BCUT2D eigenvalue weighted by Gasteiger charge is -2.19. The van der Waals surface area contributed by atoms with Gasteiger partial charge in [-0.05, 0) is 68.9 Å². The van der Waals surface area contributed by atoms with Gasteiger partial charge in [-0.2, -0.15) is 0 Å². The van der Waals surface area contributed by atoms with Crippen LogP contribution in [0.4, 0.5) is 4.79 Å². The zero-order chi connectivity index (χ0) is 19.2. The van der Waals surface area contributed by atoms with Crippen molar-refractivity contribution in [1.82, 2.24) is 5.32 Å². The first-order chi connectivity index (χ1) is 12.2. The fraction of sp³-hybridized carbons (Fsp3) is 0.348. The van der Waals surface area contributed by atoms with Gasteiger partial charge in [0.15, 0.2) is 0 Å². The van der Waals surface area contributed by atoms with E-state index in [2.05, 4.69) is 67.7 Å². The van der Waals surface area contributed by atoms with Gasteiger partial charge in [0.2, 0.25) is 0 Å². The lowest BCUT2D eigenvalue weighted by atomic mass is 10.0. The number of hydrogen-bond acceptors (Lipinski definition) is 2. The Balaban J connectivity index is 1.96. The molecule has 0 saturated heterocycles. The molecule has 0 aromatic heterocycles. The van der Waals surface area contributed by atoms with Crippen LogP contribution in [0.1, 0.15) is 48.6 Å². The van der Waals surface area contributed by atoms with Gasteiger partial charge in [0.05, 0.1) is 0 Å². The average molecular weight is 351 g/mol. The van der Waals surface area contributed by atoms with E-state index < -0.39 is 5.60 Å². The van der Waals surface area contributed by atoms with Gasteiger partial charge >= 0.3 is 6.09 Å². The lowest BCUT2D eigenvalue weighted by molar-refractivity contribution is 0.0528. The smallest absolute Gasteiger partial charge is 0.407 e. The molecule has 1 N–H and O–H groups in total. The molecule has 0 aliphatic carbocycles. The number of hydrogen-bond donors (Lipinski definition) is 1. The molecule has 0 saturated carbocycles. The van der Waals surface area contributed by atoms with Crippen molar-refractivity contribution >= 4 is 18.2 Å². The molecule has 138 valence electrons. The Bertz CT molecular complexity index is 765. The van der Waals surface area contributed by atoms with Gasteiger partial charge < -0.3 is 10.1 Å². The second kappa shape index (κ2) is 8.70. The molecule has 0 atom stereocenters. The first-order valence-corrected chi connectivity index (χ1v) is 9.05. The van der Waals surface area contributed by atoms with E-state index in [4.69, 9.17) is 4.74 Å². The summed E-state index contributed by atoms with van der Waals surface area (Å²) >= 11 is 0. The van der Waals surface area contributed by atoms with E-state index in [-0.39, 0.29) is 6.09 Å². The van der Waals surface area contributed by atoms with E-state index in [1.165, 1.54) is 22.3 Å². The molecule has 3 heteroatoms. The van der Waals surface area contributed by atoms with Crippen molar-refractivity contribution in [1.29, 1.82) is 0 Å². The van der Waals surface area contributed by atoms with Crippen molar-refractivity contribution in [3.8, 4) is 0 Å². The number of amides is 1.